The molecule has 1 aromatic rings. The fourth-order valence-electron chi connectivity index (χ4n) is 1.97. The molecule has 0 atom stereocenters. The molecule has 126 valence electrons. The molecule has 6 heteroatoms. The summed E-state index contributed by atoms with van der Waals surface area (Å²) in [6.45, 7) is 13.6. The van der Waals surface area contributed by atoms with Crippen LogP contribution in [-0.4, -0.2) is 33.0 Å². The third-order valence-corrected chi connectivity index (χ3v) is 2.88. The molecule has 1 N–H and O–H groups in total. The van der Waals surface area contributed by atoms with Gasteiger partial charge in [0, 0.05) is 12.1 Å². The van der Waals surface area contributed by atoms with Crippen LogP contribution in [0.1, 0.15) is 60.1 Å². The van der Waals surface area contributed by atoms with E-state index >= 15 is 0 Å². The summed E-state index contributed by atoms with van der Waals surface area (Å²) in [4.78, 5) is 11.8. The number of carbonyl (C=O) groups is 1. The van der Waals surface area contributed by atoms with Crippen LogP contribution in [0.4, 0.5) is 0 Å². The predicted octanol–water partition coefficient (Wildman–Crippen LogP) is 2.54. The minimum atomic E-state index is -0.233. The lowest BCUT2D eigenvalue weighted by Crippen LogP contribution is -2.41. The van der Waals surface area contributed by atoms with E-state index in [0.717, 1.165) is 12.8 Å². The maximum atomic E-state index is 11.8. The number of hydrogen-bond donors (Lipinski definition) is 1. The topological polar surface area (TPSA) is 69.0 Å². The molecule has 1 amide bonds. The van der Waals surface area contributed by atoms with Gasteiger partial charge in [-0.1, -0.05) is 26.0 Å². The minimum Gasteiger partial charge on any atom is -0.359 e. The Morgan fingerprint density at radius 2 is 1.95 bits per heavy atom. The Bertz CT molecular complexity index is 469. The number of nitrogens with zero attached hydrogens (tertiary/aromatic N) is 3. The number of carbonyl (C=O) groups excluding carboxylic acids is 1. The van der Waals surface area contributed by atoms with E-state index in [1.54, 1.807) is 10.9 Å². The largest absolute Gasteiger partial charge is 0.359 e. The van der Waals surface area contributed by atoms with E-state index in [4.69, 9.17) is 4.74 Å². The molecule has 0 aliphatic heterocycles. The fraction of sp³-hybridized carbons (Fsp3) is 0.812. The third-order valence-electron chi connectivity index (χ3n) is 2.88. The lowest BCUT2D eigenvalue weighted by atomic mass is 9.91. The predicted molar refractivity (Wildman–Crippen MR) is 86.3 cm³/mol. The van der Waals surface area contributed by atoms with E-state index in [2.05, 4.69) is 36.4 Å². The SMILES string of the molecule is CC(C)(C)CCCOCn1cc(CC(=O)NC(C)(C)C)nn1. The highest BCUT2D eigenvalue weighted by Gasteiger charge is 2.15. The zero-order valence-corrected chi connectivity index (χ0v) is 14.8. The van der Waals surface area contributed by atoms with Crippen LogP contribution in [0, 0.1) is 5.41 Å². The number of ether oxygens (including phenoxy) is 1. The van der Waals surface area contributed by atoms with Gasteiger partial charge in [-0.05, 0) is 39.0 Å². The van der Waals surface area contributed by atoms with Gasteiger partial charge in [-0.15, -0.1) is 5.10 Å². The van der Waals surface area contributed by atoms with Crippen molar-refractivity contribution in [3.8, 4) is 0 Å². The first-order valence-corrected chi connectivity index (χ1v) is 7.83. The van der Waals surface area contributed by atoms with E-state index in [0.29, 0.717) is 24.4 Å². The highest BCUT2D eigenvalue weighted by Crippen LogP contribution is 2.20. The number of amides is 1. The second-order valence-corrected chi connectivity index (χ2v) is 7.93. The van der Waals surface area contributed by atoms with Crippen molar-refractivity contribution in [1.82, 2.24) is 20.3 Å². The maximum absolute atomic E-state index is 11.8. The molecule has 0 aliphatic rings. The highest BCUT2D eigenvalue weighted by atomic mass is 16.5. The summed E-state index contributed by atoms with van der Waals surface area (Å²) < 4.78 is 7.20. The summed E-state index contributed by atoms with van der Waals surface area (Å²) in [5, 5.41) is 10.9. The molecule has 22 heavy (non-hydrogen) atoms. The molecule has 1 heterocycles. The summed E-state index contributed by atoms with van der Waals surface area (Å²) in [5.41, 5.74) is 0.757. The highest BCUT2D eigenvalue weighted by molar-refractivity contribution is 5.78. The van der Waals surface area contributed by atoms with Gasteiger partial charge in [0.15, 0.2) is 0 Å². The molecular formula is C16H30N4O2. The zero-order chi connectivity index (χ0) is 16.8. The summed E-state index contributed by atoms with van der Waals surface area (Å²) >= 11 is 0. The Morgan fingerprint density at radius 3 is 2.55 bits per heavy atom. The van der Waals surface area contributed by atoms with E-state index < -0.39 is 0 Å². The zero-order valence-electron chi connectivity index (χ0n) is 14.8. The first-order valence-electron chi connectivity index (χ1n) is 7.83. The van der Waals surface area contributed by atoms with Gasteiger partial charge in [-0.25, -0.2) is 4.68 Å². The third kappa shape index (κ3) is 8.77. The van der Waals surface area contributed by atoms with Gasteiger partial charge in [0.05, 0.1) is 18.3 Å². The lowest BCUT2D eigenvalue weighted by Gasteiger charge is -2.19. The Hall–Kier alpha value is -1.43. The number of hydrogen-bond acceptors (Lipinski definition) is 4. The maximum Gasteiger partial charge on any atom is 0.226 e. The van der Waals surface area contributed by atoms with Crippen LogP contribution in [0.5, 0.6) is 0 Å². The van der Waals surface area contributed by atoms with Crippen LogP contribution in [0.2, 0.25) is 0 Å². The van der Waals surface area contributed by atoms with E-state index in [-0.39, 0.29) is 17.9 Å². The number of nitrogens with one attached hydrogen (secondary N) is 1. The molecule has 0 unspecified atom stereocenters. The van der Waals surface area contributed by atoms with Gasteiger partial charge in [-0.3, -0.25) is 4.79 Å². The molecule has 0 saturated carbocycles. The van der Waals surface area contributed by atoms with Crippen molar-refractivity contribution in [3.63, 3.8) is 0 Å². The lowest BCUT2D eigenvalue weighted by molar-refractivity contribution is -0.121. The van der Waals surface area contributed by atoms with Crippen molar-refractivity contribution in [2.45, 2.75) is 73.1 Å². The molecule has 1 rings (SSSR count). The van der Waals surface area contributed by atoms with E-state index in [9.17, 15) is 4.79 Å². The van der Waals surface area contributed by atoms with Gasteiger partial charge in [0.2, 0.25) is 5.91 Å². The van der Waals surface area contributed by atoms with Crippen molar-refractivity contribution in [2.75, 3.05) is 6.61 Å². The molecule has 0 fully saturated rings. The Morgan fingerprint density at radius 1 is 1.27 bits per heavy atom. The molecular weight excluding hydrogens is 280 g/mol. The summed E-state index contributed by atoms with van der Waals surface area (Å²) in [5.74, 6) is -0.0503. The van der Waals surface area contributed by atoms with Crippen molar-refractivity contribution in [2.24, 2.45) is 5.41 Å². The minimum absolute atomic E-state index is 0.0503. The van der Waals surface area contributed by atoms with Crippen LogP contribution in [0.15, 0.2) is 6.20 Å². The van der Waals surface area contributed by atoms with Crippen LogP contribution >= 0.6 is 0 Å². The van der Waals surface area contributed by atoms with Gasteiger partial charge in [0.25, 0.3) is 0 Å². The average molecular weight is 310 g/mol. The standard InChI is InChI=1S/C16H30N4O2/c1-15(2,3)8-7-9-22-12-20-11-13(18-19-20)10-14(21)17-16(4,5)6/h11H,7-10,12H2,1-6H3,(H,17,21). The molecule has 0 bridgehead atoms. The van der Waals surface area contributed by atoms with Crippen molar-refractivity contribution in [3.05, 3.63) is 11.9 Å². The molecule has 0 radical (unpaired) electrons. The molecule has 0 saturated heterocycles. The Balaban J connectivity index is 2.28. The first-order chi connectivity index (χ1) is 10.1. The summed E-state index contributed by atoms with van der Waals surface area (Å²) in [6, 6.07) is 0. The number of aromatic nitrogens is 3. The van der Waals surface area contributed by atoms with Crippen LogP contribution < -0.4 is 5.32 Å². The fourth-order valence-corrected chi connectivity index (χ4v) is 1.97. The van der Waals surface area contributed by atoms with Gasteiger partial charge in [0.1, 0.15) is 6.73 Å². The molecule has 6 nitrogen and oxygen atoms in total. The normalized spacial score (nSPS) is 12.5. The van der Waals surface area contributed by atoms with Crippen LogP contribution in [0.3, 0.4) is 0 Å². The van der Waals surface area contributed by atoms with Gasteiger partial charge in [-0.2, -0.15) is 0 Å². The van der Waals surface area contributed by atoms with E-state index in [1.807, 2.05) is 20.8 Å². The second-order valence-electron chi connectivity index (χ2n) is 7.93. The molecule has 1 aromatic heterocycles. The van der Waals surface area contributed by atoms with Gasteiger partial charge >= 0.3 is 0 Å². The molecule has 0 aliphatic carbocycles. The van der Waals surface area contributed by atoms with Crippen molar-refractivity contribution < 1.29 is 9.53 Å². The average Bonchev–Trinajstić information content (AvgIpc) is 2.72. The Labute approximate surface area is 133 Å². The summed E-state index contributed by atoms with van der Waals surface area (Å²) in [6.07, 6.45) is 4.15. The second kappa shape index (κ2) is 7.72. The molecule has 0 spiro atoms. The van der Waals surface area contributed by atoms with Crippen molar-refractivity contribution >= 4 is 5.91 Å². The van der Waals surface area contributed by atoms with Crippen LogP contribution in [0.25, 0.3) is 0 Å². The first kappa shape index (κ1) is 18.6. The quantitative estimate of drug-likeness (QED) is 0.786. The monoisotopic (exact) mass is 310 g/mol. The number of rotatable bonds is 7. The summed E-state index contributed by atoms with van der Waals surface area (Å²) in [7, 11) is 0. The van der Waals surface area contributed by atoms with Crippen LogP contribution in [-0.2, 0) is 22.7 Å². The Kier molecular flexibility index (Phi) is 6.53. The molecule has 0 aromatic carbocycles. The van der Waals surface area contributed by atoms with Crippen molar-refractivity contribution in [1.29, 1.82) is 0 Å². The van der Waals surface area contributed by atoms with Gasteiger partial charge < -0.3 is 10.1 Å². The smallest absolute Gasteiger partial charge is 0.226 e. The van der Waals surface area contributed by atoms with E-state index in [1.165, 1.54) is 0 Å².